The van der Waals surface area contributed by atoms with Gasteiger partial charge in [0.05, 0.1) is 21.0 Å². The molecule has 0 radical (unpaired) electrons. The second-order valence-corrected chi connectivity index (χ2v) is 7.85. The first-order chi connectivity index (χ1) is 8.64. The number of sulfonamides is 1. The van der Waals surface area contributed by atoms with Crippen LogP contribution >= 0.6 is 23.2 Å². The third-order valence-corrected chi connectivity index (χ3v) is 5.92. The fourth-order valence-corrected chi connectivity index (χ4v) is 3.80. The number of aliphatic hydroxyl groups is 1. The highest BCUT2D eigenvalue weighted by molar-refractivity contribution is 7.89. The fourth-order valence-electron chi connectivity index (χ4n) is 2.00. The predicted molar refractivity (Wildman–Crippen MR) is 75.0 cm³/mol. The molecule has 2 N–H and O–H groups in total. The van der Waals surface area contributed by atoms with Crippen LogP contribution in [0.4, 0.5) is 0 Å². The van der Waals surface area contributed by atoms with E-state index in [0.717, 1.165) is 0 Å². The highest BCUT2D eigenvalue weighted by Crippen LogP contribution is 2.41. The van der Waals surface area contributed by atoms with Gasteiger partial charge in [0.1, 0.15) is 0 Å². The molecule has 4 nitrogen and oxygen atoms in total. The normalized spacial score (nSPS) is 25.9. The molecule has 0 heterocycles. The van der Waals surface area contributed by atoms with Crippen molar-refractivity contribution in [3.63, 3.8) is 0 Å². The van der Waals surface area contributed by atoms with Crippen molar-refractivity contribution in [3.8, 4) is 0 Å². The molecule has 1 aromatic carbocycles. The minimum atomic E-state index is -3.66. The Balaban J connectivity index is 2.22. The highest BCUT2D eigenvalue weighted by atomic mass is 35.5. The molecule has 1 aliphatic carbocycles. The molecule has 0 amide bonds. The monoisotopic (exact) mass is 323 g/mol. The van der Waals surface area contributed by atoms with Crippen molar-refractivity contribution in [2.45, 2.75) is 37.3 Å². The molecule has 2 unspecified atom stereocenters. The van der Waals surface area contributed by atoms with Gasteiger partial charge in [-0.15, -0.1) is 0 Å². The van der Waals surface area contributed by atoms with Gasteiger partial charge in [-0.2, -0.15) is 0 Å². The van der Waals surface area contributed by atoms with E-state index in [4.69, 9.17) is 23.2 Å². The maximum absolute atomic E-state index is 12.2. The Morgan fingerprint density at radius 3 is 2.42 bits per heavy atom. The number of hydrogen-bond donors (Lipinski definition) is 2. The van der Waals surface area contributed by atoms with Crippen molar-refractivity contribution < 1.29 is 13.5 Å². The molecule has 1 saturated carbocycles. The number of rotatable bonds is 3. The number of halogens is 2. The molecule has 2 atom stereocenters. The van der Waals surface area contributed by atoms with Gasteiger partial charge in [0.25, 0.3) is 0 Å². The molecule has 0 saturated heterocycles. The lowest BCUT2D eigenvalue weighted by atomic mass is 9.65. The molecular weight excluding hydrogens is 309 g/mol. The Morgan fingerprint density at radius 1 is 1.32 bits per heavy atom. The van der Waals surface area contributed by atoms with E-state index in [1.165, 1.54) is 18.2 Å². The van der Waals surface area contributed by atoms with Crippen molar-refractivity contribution in [3.05, 3.63) is 28.2 Å². The van der Waals surface area contributed by atoms with E-state index in [9.17, 15) is 13.5 Å². The first kappa shape index (κ1) is 15.1. The topological polar surface area (TPSA) is 66.4 Å². The van der Waals surface area contributed by atoms with Crippen LogP contribution in [-0.2, 0) is 10.0 Å². The van der Waals surface area contributed by atoms with Crippen LogP contribution in [0, 0.1) is 5.41 Å². The lowest BCUT2D eigenvalue weighted by Crippen LogP contribution is -2.61. The largest absolute Gasteiger partial charge is 0.392 e. The summed E-state index contributed by atoms with van der Waals surface area (Å²) in [5.41, 5.74) is -0.469. The first-order valence-corrected chi connectivity index (χ1v) is 8.04. The van der Waals surface area contributed by atoms with Gasteiger partial charge in [0.15, 0.2) is 0 Å². The molecule has 19 heavy (non-hydrogen) atoms. The van der Waals surface area contributed by atoms with Crippen LogP contribution in [-0.4, -0.2) is 25.7 Å². The van der Waals surface area contributed by atoms with Crippen LogP contribution in [0.5, 0.6) is 0 Å². The van der Waals surface area contributed by atoms with E-state index in [2.05, 4.69) is 4.72 Å². The lowest BCUT2D eigenvalue weighted by molar-refractivity contribution is -0.0645. The molecular formula is C12H15Cl2NO3S. The summed E-state index contributed by atoms with van der Waals surface area (Å²) < 4.78 is 27.0. The van der Waals surface area contributed by atoms with Crippen LogP contribution in [0.3, 0.4) is 0 Å². The quantitative estimate of drug-likeness (QED) is 0.897. The summed E-state index contributed by atoms with van der Waals surface area (Å²) in [6.07, 6.45) is -0.0814. The van der Waals surface area contributed by atoms with Crippen molar-refractivity contribution in [1.82, 2.24) is 4.72 Å². The van der Waals surface area contributed by atoms with Gasteiger partial charge in [-0.3, -0.25) is 0 Å². The average Bonchev–Trinajstić information content (AvgIpc) is 2.32. The van der Waals surface area contributed by atoms with Crippen molar-refractivity contribution >= 4 is 33.2 Å². The molecule has 0 spiro atoms. The van der Waals surface area contributed by atoms with Gasteiger partial charge in [-0.1, -0.05) is 37.0 Å². The Hall–Kier alpha value is -0.330. The van der Waals surface area contributed by atoms with E-state index < -0.39 is 21.5 Å². The third-order valence-electron chi connectivity index (χ3n) is 3.71. The Morgan fingerprint density at radius 2 is 1.95 bits per heavy atom. The van der Waals surface area contributed by atoms with E-state index >= 15 is 0 Å². The smallest absolute Gasteiger partial charge is 0.240 e. The van der Waals surface area contributed by atoms with Crippen molar-refractivity contribution in [2.75, 3.05) is 0 Å². The number of aliphatic hydroxyl groups excluding tert-OH is 1. The molecule has 106 valence electrons. The maximum Gasteiger partial charge on any atom is 0.240 e. The summed E-state index contributed by atoms with van der Waals surface area (Å²) in [5, 5.41) is 10.1. The first-order valence-electron chi connectivity index (χ1n) is 5.80. The summed E-state index contributed by atoms with van der Waals surface area (Å²) in [6.45, 7) is 3.65. The van der Waals surface area contributed by atoms with Crippen molar-refractivity contribution in [1.29, 1.82) is 0 Å². The van der Waals surface area contributed by atoms with Crippen molar-refractivity contribution in [2.24, 2.45) is 5.41 Å². The number of benzene rings is 1. The highest BCUT2D eigenvalue weighted by Gasteiger charge is 2.48. The molecule has 1 aliphatic rings. The van der Waals surface area contributed by atoms with Gasteiger partial charge in [-0.25, -0.2) is 13.1 Å². The Kier molecular flexibility index (Phi) is 3.88. The second kappa shape index (κ2) is 4.90. The van der Waals surface area contributed by atoms with Gasteiger partial charge in [0, 0.05) is 11.5 Å². The standard InChI is InChI=1S/C12H15Cl2NO3S/c1-12(2)10(6-11(12)16)15-19(17,18)7-3-4-8(13)9(14)5-7/h3-5,10-11,15-16H,6H2,1-2H3. The maximum atomic E-state index is 12.2. The number of hydrogen-bond acceptors (Lipinski definition) is 3. The van der Waals surface area contributed by atoms with Gasteiger partial charge >= 0.3 is 0 Å². The molecule has 0 aromatic heterocycles. The lowest BCUT2D eigenvalue weighted by Gasteiger charge is -2.49. The predicted octanol–water partition coefficient (Wildman–Crippen LogP) is 2.43. The number of nitrogens with one attached hydrogen (secondary N) is 1. The molecule has 1 aromatic rings. The molecule has 0 bridgehead atoms. The van der Waals surface area contributed by atoms with Crippen LogP contribution in [0.1, 0.15) is 20.3 Å². The SMILES string of the molecule is CC1(C)C(O)CC1NS(=O)(=O)c1ccc(Cl)c(Cl)c1. The molecule has 7 heteroatoms. The molecule has 0 aliphatic heterocycles. The summed E-state index contributed by atoms with van der Waals surface area (Å²) in [6, 6.07) is 3.87. The minimum absolute atomic E-state index is 0.0686. The van der Waals surface area contributed by atoms with Crippen LogP contribution in [0.15, 0.2) is 23.1 Å². The van der Waals surface area contributed by atoms with Gasteiger partial charge in [-0.05, 0) is 24.6 Å². The Labute approximate surface area is 122 Å². The minimum Gasteiger partial charge on any atom is -0.392 e. The molecule has 1 fully saturated rings. The summed E-state index contributed by atoms with van der Waals surface area (Å²) >= 11 is 11.6. The Bertz CT molecular complexity index is 601. The second-order valence-electron chi connectivity index (χ2n) is 5.32. The van der Waals surface area contributed by atoms with Crippen LogP contribution < -0.4 is 4.72 Å². The zero-order valence-corrected chi connectivity index (χ0v) is 12.9. The van der Waals surface area contributed by atoms with E-state index in [0.29, 0.717) is 11.4 Å². The van der Waals surface area contributed by atoms with Gasteiger partial charge in [0.2, 0.25) is 10.0 Å². The van der Waals surface area contributed by atoms with Gasteiger partial charge < -0.3 is 5.11 Å². The van der Waals surface area contributed by atoms with E-state index in [1.54, 1.807) is 0 Å². The van der Waals surface area contributed by atoms with Crippen LogP contribution in [0.25, 0.3) is 0 Å². The molecule has 2 rings (SSSR count). The zero-order valence-electron chi connectivity index (χ0n) is 10.5. The van der Waals surface area contributed by atoms with E-state index in [-0.39, 0.29) is 16.0 Å². The van der Waals surface area contributed by atoms with Crippen LogP contribution in [0.2, 0.25) is 10.0 Å². The zero-order chi connectivity index (χ0) is 14.4. The third kappa shape index (κ3) is 2.76. The summed E-state index contributed by atoms with van der Waals surface area (Å²) in [4.78, 5) is 0.0686. The average molecular weight is 324 g/mol. The summed E-state index contributed by atoms with van der Waals surface area (Å²) in [7, 11) is -3.66. The van der Waals surface area contributed by atoms with E-state index in [1.807, 2.05) is 13.8 Å². The fraction of sp³-hybridized carbons (Fsp3) is 0.500. The summed E-state index contributed by atoms with van der Waals surface area (Å²) in [5.74, 6) is 0.